The standard InChI is InChI=1S/C14H20F3NO2S/c1-6-18(13(3,4)5)21(19,20)12-8-7-10(2)9-11(12)14(15,16)17/h7-9H,6H2,1-5H3. The van der Waals surface area contributed by atoms with E-state index in [1.807, 2.05) is 0 Å². The van der Waals surface area contributed by atoms with Crippen molar-refractivity contribution in [3.05, 3.63) is 29.3 Å². The largest absolute Gasteiger partial charge is 0.417 e. The van der Waals surface area contributed by atoms with Crippen LogP contribution in [-0.2, 0) is 16.2 Å². The van der Waals surface area contributed by atoms with Gasteiger partial charge in [0.25, 0.3) is 0 Å². The van der Waals surface area contributed by atoms with Crippen molar-refractivity contribution in [1.29, 1.82) is 0 Å². The van der Waals surface area contributed by atoms with E-state index in [9.17, 15) is 21.6 Å². The highest BCUT2D eigenvalue weighted by Gasteiger charge is 2.41. The fourth-order valence-electron chi connectivity index (χ4n) is 2.21. The molecular weight excluding hydrogens is 303 g/mol. The Labute approximate surface area is 123 Å². The number of sulfonamides is 1. The number of hydrogen-bond acceptors (Lipinski definition) is 2. The van der Waals surface area contributed by atoms with Crippen molar-refractivity contribution >= 4 is 10.0 Å². The summed E-state index contributed by atoms with van der Waals surface area (Å²) in [6, 6.07) is 3.27. The summed E-state index contributed by atoms with van der Waals surface area (Å²) in [5.74, 6) is 0. The molecule has 0 N–H and O–H groups in total. The Morgan fingerprint density at radius 3 is 2.05 bits per heavy atom. The minimum atomic E-state index is -4.72. The van der Waals surface area contributed by atoms with E-state index < -0.39 is 32.2 Å². The van der Waals surface area contributed by atoms with Gasteiger partial charge in [0.2, 0.25) is 10.0 Å². The van der Waals surface area contributed by atoms with E-state index in [4.69, 9.17) is 0 Å². The topological polar surface area (TPSA) is 37.4 Å². The lowest BCUT2D eigenvalue weighted by Gasteiger charge is -2.34. The molecule has 3 nitrogen and oxygen atoms in total. The number of halogens is 3. The predicted molar refractivity (Wildman–Crippen MR) is 75.5 cm³/mol. The lowest BCUT2D eigenvalue weighted by atomic mass is 10.1. The molecule has 0 aliphatic heterocycles. The molecular formula is C14H20F3NO2S. The molecule has 120 valence electrons. The minimum absolute atomic E-state index is 0.0943. The molecule has 0 aromatic heterocycles. The second kappa shape index (κ2) is 5.61. The molecule has 0 aliphatic rings. The van der Waals surface area contributed by atoms with Crippen molar-refractivity contribution < 1.29 is 21.6 Å². The Bertz CT molecular complexity index is 616. The first-order valence-electron chi connectivity index (χ1n) is 6.52. The molecule has 1 aromatic carbocycles. The van der Waals surface area contributed by atoms with Crippen LogP contribution in [0.15, 0.2) is 23.1 Å². The second-order valence-electron chi connectivity index (χ2n) is 5.84. The Kier molecular flexibility index (Phi) is 4.80. The normalized spacial score (nSPS) is 13.8. The quantitative estimate of drug-likeness (QED) is 0.848. The molecule has 0 saturated heterocycles. The van der Waals surface area contributed by atoms with E-state index in [-0.39, 0.29) is 6.54 Å². The number of hydrogen-bond donors (Lipinski definition) is 0. The molecule has 0 atom stereocenters. The molecule has 0 amide bonds. The summed E-state index contributed by atoms with van der Waals surface area (Å²) in [7, 11) is -4.23. The highest BCUT2D eigenvalue weighted by molar-refractivity contribution is 7.89. The fraction of sp³-hybridized carbons (Fsp3) is 0.571. The third-order valence-electron chi connectivity index (χ3n) is 3.04. The van der Waals surface area contributed by atoms with Gasteiger partial charge in [-0.1, -0.05) is 18.6 Å². The lowest BCUT2D eigenvalue weighted by molar-refractivity contribution is -0.140. The number of rotatable bonds is 3. The van der Waals surface area contributed by atoms with Gasteiger partial charge in [-0.05, 0) is 39.8 Å². The van der Waals surface area contributed by atoms with Crippen LogP contribution in [0.1, 0.15) is 38.8 Å². The number of benzene rings is 1. The predicted octanol–water partition coefficient (Wildman–Crippen LogP) is 3.82. The van der Waals surface area contributed by atoms with E-state index in [0.29, 0.717) is 5.56 Å². The first-order valence-corrected chi connectivity index (χ1v) is 7.96. The Morgan fingerprint density at radius 1 is 1.14 bits per heavy atom. The van der Waals surface area contributed by atoms with Crippen LogP contribution < -0.4 is 0 Å². The van der Waals surface area contributed by atoms with Crippen LogP contribution in [-0.4, -0.2) is 24.8 Å². The second-order valence-corrected chi connectivity index (χ2v) is 7.67. The molecule has 0 radical (unpaired) electrons. The molecule has 1 rings (SSSR count). The van der Waals surface area contributed by atoms with E-state index in [1.165, 1.54) is 13.0 Å². The summed E-state index contributed by atoms with van der Waals surface area (Å²) in [6.07, 6.45) is -4.72. The van der Waals surface area contributed by atoms with Gasteiger partial charge in [-0.2, -0.15) is 17.5 Å². The van der Waals surface area contributed by atoms with Crippen molar-refractivity contribution in [2.75, 3.05) is 6.54 Å². The zero-order chi connectivity index (χ0) is 16.6. The van der Waals surface area contributed by atoms with Gasteiger partial charge in [-0.3, -0.25) is 0 Å². The van der Waals surface area contributed by atoms with Gasteiger partial charge < -0.3 is 0 Å². The van der Waals surface area contributed by atoms with Gasteiger partial charge in [0, 0.05) is 12.1 Å². The van der Waals surface area contributed by atoms with Crippen molar-refractivity contribution in [2.24, 2.45) is 0 Å². The monoisotopic (exact) mass is 323 g/mol. The van der Waals surface area contributed by atoms with Crippen LogP contribution in [0, 0.1) is 6.92 Å². The molecule has 0 spiro atoms. The van der Waals surface area contributed by atoms with Gasteiger partial charge in [-0.15, -0.1) is 0 Å². The summed E-state index contributed by atoms with van der Waals surface area (Å²) in [5, 5.41) is 0. The summed E-state index contributed by atoms with van der Waals surface area (Å²) in [6.45, 7) is 8.13. The fourth-order valence-corrected chi connectivity index (χ4v) is 4.20. The number of nitrogens with zero attached hydrogens (tertiary/aromatic N) is 1. The molecule has 0 bridgehead atoms. The van der Waals surface area contributed by atoms with Gasteiger partial charge in [-0.25, -0.2) is 8.42 Å². The van der Waals surface area contributed by atoms with Crippen molar-refractivity contribution in [3.8, 4) is 0 Å². The molecule has 0 unspecified atom stereocenters. The summed E-state index contributed by atoms with van der Waals surface area (Å²) in [5.41, 5.74) is -1.56. The summed E-state index contributed by atoms with van der Waals surface area (Å²) >= 11 is 0. The molecule has 0 saturated carbocycles. The van der Waals surface area contributed by atoms with Gasteiger partial charge in [0.05, 0.1) is 10.5 Å². The molecule has 7 heteroatoms. The Hall–Kier alpha value is -1.08. The minimum Gasteiger partial charge on any atom is -0.207 e. The Balaban J connectivity index is 3.60. The van der Waals surface area contributed by atoms with Crippen LogP contribution >= 0.6 is 0 Å². The molecule has 1 aromatic rings. The maximum absolute atomic E-state index is 13.1. The maximum atomic E-state index is 13.1. The summed E-state index contributed by atoms with van der Waals surface area (Å²) in [4.78, 5) is -0.697. The van der Waals surface area contributed by atoms with Crippen LogP contribution in [0.2, 0.25) is 0 Å². The Morgan fingerprint density at radius 2 is 1.67 bits per heavy atom. The zero-order valence-electron chi connectivity index (χ0n) is 12.7. The van der Waals surface area contributed by atoms with Gasteiger partial charge in [0.15, 0.2) is 0 Å². The van der Waals surface area contributed by atoms with E-state index in [0.717, 1.165) is 16.4 Å². The van der Waals surface area contributed by atoms with Crippen molar-refractivity contribution in [3.63, 3.8) is 0 Å². The number of alkyl halides is 3. The van der Waals surface area contributed by atoms with E-state index in [1.54, 1.807) is 27.7 Å². The van der Waals surface area contributed by atoms with Crippen LogP contribution in [0.3, 0.4) is 0 Å². The van der Waals surface area contributed by atoms with Crippen LogP contribution in [0.5, 0.6) is 0 Å². The molecule has 0 heterocycles. The first kappa shape index (κ1) is 18.0. The van der Waals surface area contributed by atoms with Crippen molar-refractivity contribution in [2.45, 2.75) is 51.2 Å². The number of aryl methyl sites for hydroxylation is 1. The third-order valence-corrected chi connectivity index (χ3v) is 5.34. The van der Waals surface area contributed by atoms with Crippen LogP contribution in [0.25, 0.3) is 0 Å². The van der Waals surface area contributed by atoms with E-state index in [2.05, 4.69) is 0 Å². The van der Waals surface area contributed by atoms with Gasteiger partial charge >= 0.3 is 6.18 Å². The zero-order valence-corrected chi connectivity index (χ0v) is 13.6. The molecule has 0 aliphatic carbocycles. The SMILES string of the molecule is CCN(C(C)(C)C)S(=O)(=O)c1ccc(C)cc1C(F)(F)F. The van der Waals surface area contributed by atoms with Crippen LogP contribution in [0.4, 0.5) is 13.2 Å². The highest BCUT2D eigenvalue weighted by atomic mass is 32.2. The van der Waals surface area contributed by atoms with E-state index >= 15 is 0 Å². The summed E-state index contributed by atoms with van der Waals surface area (Å²) < 4.78 is 65.7. The smallest absolute Gasteiger partial charge is 0.207 e. The average Bonchev–Trinajstić information content (AvgIpc) is 2.25. The highest BCUT2D eigenvalue weighted by Crippen LogP contribution is 2.37. The average molecular weight is 323 g/mol. The third kappa shape index (κ3) is 3.77. The van der Waals surface area contributed by atoms with Gasteiger partial charge in [0.1, 0.15) is 0 Å². The molecule has 21 heavy (non-hydrogen) atoms. The lowest BCUT2D eigenvalue weighted by Crippen LogP contribution is -2.45. The maximum Gasteiger partial charge on any atom is 0.417 e. The van der Waals surface area contributed by atoms with Crippen molar-refractivity contribution in [1.82, 2.24) is 4.31 Å². The molecule has 0 fully saturated rings. The first-order chi connectivity index (χ1) is 9.31.